The van der Waals surface area contributed by atoms with Crippen molar-refractivity contribution in [3.8, 4) is 0 Å². The van der Waals surface area contributed by atoms with E-state index in [9.17, 15) is 24.2 Å². The van der Waals surface area contributed by atoms with E-state index in [1.54, 1.807) is 30.8 Å². The van der Waals surface area contributed by atoms with E-state index < -0.39 is 18.0 Å². The number of carboxylic acid groups (broad SMARTS) is 1. The number of hydrogen-bond acceptors (Lipinski definition) is 6. The van der Waals surface area contributed by atoms with Gasteiger partial charge in [-0.15, -0.1) is 23.5 Å². The average molecular weight is 454 g/mol. The highest BCUT2D eigenvalue weighted by Gasteiger charge is 2.60. The van der Waals surface area contributed by atoms with E-state index in [2.05, 4.69) is 0 Å². The summed E-state index contributed by atoms with van der Waals surface area (Å²) in [7, 11) is 0. The number of ether oxygens (including phenoxy) is 1. The predicted molar refractivity (Wildman–Crippen MR) is 112 cm³/mol. The molecule has 1 aromatic rings. The van der Waals surface area contributed by atoms with Crippen LogP contribution in [0.1, 0.15) is 20.3 Å². The Labute approximate surface area is 182 Å². The van der Waals surface area contributed by atoms with E-state index in [4.69, 9.17) is 4.74 Å². The number of nitrogens with zero attached hydrogens (tertiary/aromatic N) is 1. The van der Waals surface area contributed by atoms with Crippen molar-refractivity contribution in [2.45, 2.75) is 48.7 Å². The molecule has 6 nitrogen and oxygen atoms in total. The lowest BCUT2D eigenvalue weighted by Gasteiger charge is -2.46. The molecule has 0 radical (unpaired) electrons. The van der Waals surface area contributed by atoms with Crippen molar-refractivity contribution in [3.05, 3.63) is 40.7 Å². The monoisotopic (exact) mass is 453 g/mol. The average Bonchev–Trinajstić information content (AvgIpc) is 3.23. The minimum Gasteiger partial charge on any atom is -0.477 e. The van der Waals surface area contributed by atoms with Gasteiger partial charge in [-0.1, -0.05) is 6.92 Å². The van der Waals surface area contributed by atoms with Crippen molar-refractivity contribution in [3.63, 3.8) is 0 Å². The summed E-state index contributed by atoms with van der Waals surface area (Å²) in [6.07, 6.45) is 0.00995. The molecule has 0 aliphatic carbocycles. The largest absolute Gasteiger partial charge is 0.477 e. The van der Waals surface area contributed by atoms with Crippen LogP contribution in [0.2, 0.25) is 0 Å². The lowest BCUT2D eigenvalue weighted by Crippen LogP contribution is -2.63. The molecule has 3 aliphatic rings. The molecular formula is C21H24FNO5S2. The number of aliphatic carboxylic acids is 1. The van der Waals surface area contributed by atoms with Crippen molar-refractivity contribution in [1.29, 1.82) is 0 Å². The number of carbonyl (C=O) groups is 2. The van der Waals surface area contributed by atoms with E-state index in [1.807, 2.05) is 6.92 Å². The fourth-order valence-corrected chi connectivity index (χ4v) is 6.86. The molecule has 3 heterocycles. The van der Waals surface area contributed by atoms with Crippen LogP contribution < -0.4 is 0 Å². The lowest BCUT2D eigenvalue weighted by molar-refractivity contribution is -0.163. The predicted octanol–water partition coefficient (Wildman–Crippen LogP) is 2.96. The molecule has 0 saturated carbocycles. The third kappa shape index (κ3) is 3.88. The number of aliphatic hydroxyl groups excluding tert-OH is 1. The molecule has 2 N–H and O–H groups in total. The first-order valence-corrected chi connectivity index (χ1v) is 11.8. The van der Waals surface area contributed by atoms with Gasteiger partial charge in [0.25, 0.3) is 0 Å². The fraction of sp³-hybridized carbons (Fsp3) is 0.524. The number of halogens is 1. The van der Waals surface area contributed by atoms with Gasteiger partial charge in [-0.05, 0) is 37.6 Å². The Balaban J connectivity index is 1.39. The number of thioether (sulfide) groups is 2. The minimum absolute atomic E-state index is 0.0343. The zero-order valence-corrected chi connectivity index (χ0v) is 18.3. The van der Waals surface area contributed by atoms with Crippen LogP contribution in [0.15, 0.2) is 39.8 Å². The van der Waals surface area contributed by atoms with Crippen LogP contribution in [0.5, 0.6) is 0 Å². The Morgan fingerprint density at radius 1 is 1.37 bits per heavy atom. The van der Waals surface area contributed by atoms with Crippen LogP contribution in [0.4, 0.5) is 4.39 Å². The van der Waals surface area contributed by atoms with Crippen LogP contribution in [0.25, 0.3) is 0 Å². The Morgan fingerprint density at radius 3 is 2.70 bits per heavy atom. The smallest absolute Gasteiger partial charge is 0.353 e. The topological polar surface area (TPSA) is 87.1 Å². The molecule has 3 aliphatic heterocycles. The van der Waals surface area contributed by atoms with E-state index in [-0.39, 0.29) is 40.7 Å². The number of carboxylic acids is 1. The number of benzene rings is 1. The van der Waals surface area contributed by atoms with E-state index in [0.29, 0.717) is 11.5 Å². The Morgan fingerprint density at radius 2 is 2.07 bits per heavy atom. The quantitative estimate of drug-likeness (QED) is 0.485. The maximum atomic E-state index is 13.0. The maximum absolute atomic E-state index is 13.0. The first kappa shape index (κ1) is 21.7. The summed E-state index contributed by atoms with van der Waals surface area (Å²) in [5.41, 5.74) is 0.0588. The Kier molecular flexibility index (Phi) is 6.16. The van der Waals surface area contributed by atoms with Gasteiger partial charge in [-0.25, -0.2) is 9.18 Å². The van der Waals surface area contributed by atoms with Gasteiger partial charge in [0, 0.05) is 26.7 Å². The molecule has 162 valence electrons. The van der Waals surface area contributed by atoms with Gasteiger partial charge in [0.15, 0.2) is 0 Å². The summed E-state index contributed by atoms with van der Waals surface area (Å²) in [4.78, 5) is 27.4. The normalized spacial score (nSPS) is 31.7. The summed E-state index contributed by atoms with van der Waals surface area (Å²) in [5.74, 6) is -1.63. The van der Waals surface area contributed by atoms with Crippen LogP contribution in [0.3, 0.4) is 0 Å². The summed E-state index contributed by atoms with van der Waals surface area (Å²) in [6.45, 7) is 4.02. The lowest BCUT2D eigenvalue weighted by atomic mass is 9.79. The number of aliphatic hydroxyl groups is 1. The zero-order chi connectivity index (χ0) is 21.6. The van der Waals surface area contributed by atoms with E-state index in [1.165, 1.54) is 28.8 Å². The SMILES string of the molecule is CC(O)C1C(=O)N2C(C(=O)O)=C(SC3COC(CSc4ccc(F)cc4)C3)C(C)C12. The number of amides is 1. The molecule has 2 fully saturated rings. The first-order chi connectivity index (χ1) is 14.3. The Hall–Kier alpha value is -1.55. The molecule has 1 aromatic carbocycles. The standard InChI is InChI=1S/C21H24FNO5S2/c1-10-17-16(11(2)24)20(25)23(17)18(21(26)27)19(10)30-15-7-13(28-8-15)9-29-14-5-3-12(22)4-6-14/h3-6,10-11,13,15-17,24H,7-9H2,1-2H3,(H,26,27). The third-order valence-corrected chi connectivity index (χ3v) is 8.52. The molecule has 4 rings (SSSR count). The zero-order valence-electron chi connectivity index (χ0n) is 16.7. The molecule has 0 aromatic heterocycles. The molecule has 30 heavy (non-hydrogen) atoms. The van der Waals surface area contributed by atoms with Gasteiger partial charge in [0.1, 0.15) is 11.5 Å². The van der Waals surface area contributed by atoms with Crippen LogP contribution in [-0.4, -0.2) is 62.8 Å². The number of carbonyl (C=O) groups excluding carboxylic acids is 1. The summed E-state index contributed by atoms with van der Waals surface area (Å²) in [5, 5.41) is 19.8. The second-order valence-corrected chi connectivity index (χ2v) is 10.4. The number of β-lactam (4-membered cyclic amide) rings is 1. The molecule has 1 amide bonds. The van der Waals surface area contributed by atoms with Gasteiger partial charge in [0.2, 0.25) is 5.91 Å². The summed E-state index contributed by atoms with van der Waals surface area (Å²) >= 11 is 3.09. The van der Waals surface area contributed by atoms with Crippen molar-refractivity contribution < 1.29 is 28.9 Å². The highest BCUT2D eigenvalue weighted by molar-refractivity contribution is 8.03. The molecular weight excluding hydrogens is 429 g/mol. The molecule has 0 spiro atoms. The fourth-order valence-electron chi connectivity index (χ4n) is 4.45. The second kappa shape index (κ2) is 8.53. The molecule has 9 heteroatoms. The summed E-state index contributed by atoms with van der Waals surface area (Å²) in [6, 6.07) is 6.06. The third-order valence-electron chi connectivity index (χ3n) is 5.90. The van der Waals surface area contributed by atoms with Crippen molar-refractivity contribution in [1.82, 2.24) is 4.90 Å². The van der Waals surface area contributed by atoms with Gasteiger partial charge in [0.05, 0.1) is 30.8 Å². The van der Waals surface area contributed by atoms with E-state index >= 15 is 0 Å². The van der Waals surface area contributed by atoms with Crippen LogP contribution in [0, 0.1) is 17.7 Å². The Bertz CT molecular complexity index is 875. The van der Waals surface area contributed by atoms with Crippen LogP contribution in [-0.2, 0) is 14.3 Å². The van der Waals surface area contributed by atoms with Crippen molar-refractivity contribution in [2.75, 3.05) is 12.4 Å². The second-order valence-electron chi connectivity index (χ2n) is 7.97. The molecule has 0 bridgehead atoms. The highest BCUT2D eigenvalue weighted by Crippen LogP contribution is 2.52. The maximum Gasteiger partial charge on any atom is 0.353 e. The van der Waals surface area contributed by atoms with Gasteiger partial charge in [-0.2, -0.15) is 0 Å². The number of hydrogen-bond donors (Lipinski definition) is 2. The molecule has 2 saturated heterocycles. The van der Waals surface area contributed by atoms with Crippen LogP contribution >= 0.6 is 23.5 Å². The van der Waals surface area contributed by atoms with Gasteiger partial charge in [-0.3, -0.25) is 4.79 Å². The summed E-state index contributed by atoms with van der Waals surface area (Å²) < 4.78 is 18.9. The van der Waals surface area contributed by atoms with Gasteiger partial charge >= 0.3 is 5.97 Å². The first-order valence-electron chi connectivity index (χ1n) is 9.93. The highest BCUT2D eigenvalue weighted by atomic mass is 32.2. The number of fused-ring (bicyclic) bond motifs is 1. The van der Waals surface area contributed by atoms with Crippen molar-refractivity contribution in [2.24, 2.45) is 11.8 Å². The van der Waals surface area contributed by atoms with Crippen molar-refractivity contribution >= 4 is 35.4 Å². The van der Waals surface area contributed by atoms with E-state index in [0.717, 1.165) is 17.1 Å². The van der Waals surface area contributed by atoms with Gasteiger partial charge < -0.3 is 19.8 Å². The molecule has 6 atom stereocenters. The number of rotatable bonds is 7. The minimum atomic E-state index is -1.11. The molecule has 6 unspecified atom stereocenters.